The van der Waals surface area contributed by atoms with E-state index in [2.05, 4.69) is 26.2 Å². The van der Waals surface area contributed by atoms with E-state index in [0.717, 1.165) is 6.21 Å². The molecule has 1 saturated carbocycles. The van der Waals surface area contributed by atoms with Gasteiger partial charge in [0.1, 0.15) is 24.2 Å². The molecule has 184 valence electrons. The van der Waals surface area contributed by atoms with Crippen LogP contribution in [0.3, 0.4) is 0 Å². The molecule has 3 aliphatic heterocycles. The van der Waals surface area contributed by atoms with Gasteiger partial charge in [-0.05, 0) is 18.8 Å². The zero-order valence-corrected chi connectivity index (χ0v) is 18.0. The van der Waals surface area contributed by atoms with Crippen molar-refractivity contribution in [3.63, 3.8) is 0 Å². The summed E-state index contributed by atoms with van der Waals surface area (Å²) in [6.45, 7) is 1.30. The summed E-state index contributed by atoms with van der Waals surface area (Å²) in [5, 5.41) is 12.1. The summed E-state index contributed by atoms with van der Waals surface area (Å²) in [5.41, 5.74) is 3.53. The Morgan fingerprint density at radius 3 is 2.79 bits per heavy atom. The van der Waals surface area contributed by atoms with Gasteiger partial charge in [-0.1, -0.05) is 0 Å². The Morgan fingerprint density at radius 2 is 2.12 bits per heavy atom. The van der Waals surface area contributed by atoms with Gasteiger partial charge in [0.15, 0.2) is 6.29 Å². The van der Waals surface area contributed by atoms with Crippen molar-refractivity contribution in [2.75, 3.05) is 33.0 Å². The number of morpholine rings is 1. The van der Waals surface area contributed by atoms with Crippen LogP contribution >= 0.6 is 0 Å². The zero-order chi connectivity index (χ0) is 24.5. The predicted molar refractivity (Wildman–Crippen MR) is 115 cm³/mol. The van der Waals surface area contributed by atoms with Crippen LogP contribution in [-0.2, 0) is 9.47 Å². The molecule has 0 bridgehead atoms. The van der Waals surface area contributed by atoms with Gasteiger partial charge in [0, 0.05) is 19.3 Å². The standard InChI is InChI=1S/C20H24F3N7O4/c1-2-12(11-9-25-17(24)28-16(11)20(21,22)23)27-18(29-5-7-33-8-6-29)26-10-30-13-3-4-14(31)15(13)34-19(30)32/h1,9,13-15,17,28,31H,3-8,10,24H2/b26-18+,27-12+/t13-,14-,15-,17-/m1/s1. The first kappa shape index (κ1) is 24.0. The molecule has 34 heavy (non-hydrogen) atoms. The molecule has 14 heteroatoms. The molecular weight excluding hydrogens is 459 g/mol. The lowest BCUT2D eigenvalue weighted by Crippen LogP contribution is -2.44. The number of ether oxygens (including phenoxy) is 2. The van der Waals surface area contributed by atoms with Crippen LogP contribution in [0.5, 0.6) is 0 Å². The monoisotopic (exact) mass is 483 g/mol. The number of alkyl halides is 3. The molecule has 1 amide bonds. The lowest BCUT2D eigenvalue weighted by atomic mass is 10.1. The average molecular weight is 483 g/mol. The molecule has 0 aromatic rings. The van der Waals surface area contributed by atoms with E-state index in [4.69, 9.17) is 21.6 Å². The maximum atomic E-state index is 13.6. The van der Waals surface area contributed by atoms with Crippen molar-refractivity contribution in [1.82, 2.24) is 15.1 Å². The minimum absolute atomic E-state index is 0.0448. The third-order valence-electron chi connectivity index (χ3n) is 5.86. The van der Waals surface area contributed by atoms with Gasteiger partial charge in [-0.25, -0.2) is 14.8 Å². The second-order valence-corrected chi connectivity index (χ2v) is 7.99. The number of hydrogen-bond donors (Lipinski definition) is 3. The van der Waals surface area contributed by atoms with Crippen LogP contribution in [0.2, 0.25) is 0 Å². The highest BCUT2D eigenvalue weighted by molar-refractivity contribution is 6.27. The van der Waals surface area contributed by atoms with Gasteiger partial charge in [0.25, 0.3) is 0 Å². The van der Waals surface area contributed by atoms with Crippen LogP contribution in [0, 0.1) is 12.3 Å². The lowest BCUT2D eigenvalue weighted by Gasteiger charge is -2.29. The van der Waals surface area contributed by atoms with Crippen molar-refractivity contribution in [2.24, 2.45) is 20.7 Å². The van der Waals surface area contributed by atoms with Gasteiger partial charge in [0.05, 0.1) is 30.9 Å². The van der Waals surface area contributed by atoms with Crippen LogP contribution in [0.25, 0.3) is 0 Å². The average Bonchev–Trinajstić information content (AvgIpc) is 3.32. The van der Waals surface area contributed by atoms with Crippen LogP contribution in [-0.4, -0.2) is 103 Å². The summed E-state index contributed by atoms with van der Waals surface area (Å²) in [4.78, 5) is 27.8. The number of rotatable bonds is 3. The highest BCUT2D eigenvalue weighted by atomic mass is 19.4. The molecule has 0 spiro atoms. The number of fused-ring (bicyclic) bond motifs is 1. The summed E-state index contributed by atoms with van der Waals surface area (Å²) >= 11 is 0. The predicted octanol–water partition coefficient (Wildman–Crippen LogP) is -0.217. The van der Waals surface area contributed by atoms with Gasteiger partial charge in [-0.3, -0.25) is 15.6 Å². The summed E-state index contributed by atoms with van der Waals surface area (Å²) in [6, 6.07) is -0.344. The number of guanidine groups is 1. The topological polar surface area (TPSA) is 137 Å². The van der Waals surface area contributed by atoms with E-state index in [1.165, 1.54) is 4.90 Å². The van der Waals surface area contributed by atoms with E-state index in [0.29, 0.717) is 39.1 Å². The van der Waals surface area contributed by atoms with E-state index in [1.54, 1.807) is 4.90 Å². The molecule has 2 saturated heterocycles. The smallest absolute Gasteiger partial charge is 0.431 e. The van der Waals surface area contributed by atoms with Crippen LogP contribution in [0.4, 0.5) is 18.0 Å². The molecule has 4 rings (SSSR count). The van der Waals surface area contributed by atoms with E-state index in [9.17, 15) is 23.1 Å². The Bertz CT molecular complexity index is 982. The number of terminal acetylenes is 1. The fourth-order valence-corrected chi connectivity index (χ4v) is 4.17. The Labute approximate surface area is 193 Å². The number of hydrogen-bond acceptors (Lipinski definition) is 8. The molecule has 0 aromatic heterocycles. The van der Waals surface area contributed by atoms with Crippen molar-refractivity contribution >= 4 is 24.0 Å². The number of halogens is 3. The molecule has 0 radical (unpaired) electrons. The highest BCUT2D eigenvalue weighted by Gasteiger charge is 2.49. The van der Waals surface area contributed by atoms with Crippen molar-refractivity contribution in [1.29, 1.82) is 0 Å². The van der Waals surface area contributed by atoms with Gasteiger partial charge in [-0.15, -0.1) is 6.42 Å². The Morgan fingerprint density at radius 1 is 1.38 bits per heavy atom. The Balaban J connectivity index is 1.67. The first-order valence-corrected chi connectivity index (χ1v) is 10.6. The lowest BCUT2D eigenvalue weighted by molar-refractivity contribution is -0.0981. The summed E-state index contributed by atoms with van der Waals surface area (Å²) in [6.07, 6.45) is -0.552. The summed E-state index contributed by atoms with van der Waals surface area (Å²) in [5.74, 6) is 2.23. The molecule has 4 N–H and O–H groups in total. The molecule has 11 nitrogen and oxygen atoms in total. The van der Waals surface area contributed by atoms with E-state index in [1.807, 2.05) is 0 Å². The largest absolute Gasteiger partial charge is 0.441 e. The first-order valence-electron chi connectivity index (χ1n) is 10.6. The van der Waals surface area contributed by atoms with Gasteiger partial charge >= 0.3 is 12.3 Å². The Kier molecular flexibility index (Phi) is 6.78. The number of nitrogens with zero attached hydrogens (tertiary/aromatic N) is 5. The molecule has 1 aliphatic carbocycles. The number of aliphatic imine (C=N–C) groups is 3. The second-order valence-electron chi connectivity index (χ2n) is 7.99. The fourth-order valence-electron chi connectivity index (χ4n) is 4.17. The van der Waals surface area contributed by atoms with Crippen molar-refractivity contribution in [3.8, 4) is 12.3 Å². The maximum Gasteiger partial charge on any atom is 0.431 e. The van der Waals surface area contributed by atoms with Crippen molar-refractivity contribution in [3.05, 3.63) is 11.3 Å². The maximum absolute atomic E-state index is 13.6. The van der Waals surface area contributed by atoms with Gasteiger partial charge < -0.3 is 24.8 Å². The van der Waals surface area contributed by atoms with Crippen molar-refractivity contribution < 1.29 is 32.5 Å². The van der Waals surface area contributed by atoms with E-state index in [-0.39, 0.29) is 24.4 Å². The van der Waals surface area contributed by atoms with E-state index < -0.39 is 42.0 Å². The SMILES string of the molecule is C#C/C(=N\C(=N/CN1C(=O)O[C@H]2[C@H](O)CC[C@H]21)N1CCOCC1)C1=C(C(F)(F)F)N[C@H](N)N=C1. The van der Waals surface area contributed by atoms with Gasteiger partial charge in [0.2, 0.25) is 5.96 Å². The number of aliphatic hydroxyl groups excluding tert-OH is 1. The molecule has 0 unspecified atom stereocenters. The second kappa shape index (κ2) is 9.61. The molecule has 4 atom stereocenters. The summed E-state index contributed by atoms with van der Waals surface area (Å²) in [7, 11) is 0. The minimum atomic E-state index is -4.77. The number of nitrogens with one attached hydrogen (secondary N) is 1. The van der Waals surface area contributed by atoms with E-state index >= 15 is 0 Å². The van der Waals surface area contributed by atoms with Crippen LogP contribution in [0.1, 0.15) is 12.8 Å². The number of allylic oxidation sites excluding steroid dienone is 2. The number of nitrogens with two attached hydrogens (primary N) is 1. The molecular formula is C20H24F3N7O4. The molecule has 0 aromatic carbocycles. The number of amides is 1. The third kappa shape index (κ3) is 4.86. The quantitative estimate of drug-likeness (QED) is 0.287. The summed E-state index contributed by atoms with van der Waals surface area (Å²) < 4.78 is 51.4. The normalized spacial score (nSPS) is 30.3. The minimum Gasteiger partial charge on any atom is -0.441 e. The third-order valence-corrected chi connectivity index (χ3v) is 5.86. The van der Waals surface area contributed by atoms with Crippen LogP contribution < -0.4 is 11.1 Å². The molecule has 3 heterocycles. The fraction of sp³-hybridized carbons (Fsp3) is 0.600. The number of aliphatic hydroxyl groups is 1. The number of carbonyl (C=O) groups is 1. The Hall–Kier alpha value is -3.15. The molecule has 3 fully saturated rings. The van der Waals surface area contributed by atoms with Crippen molar-refractivity contribution in [2.45, 2.75) is 43.6 Å². The van der Waals surface area contributed by atoms with Crippen LogP contribution in [0.15, 0.2) is 26.2 Å². The number of carbonyl (C=O) groups excluding carboxylic acids is 1. The zero-order valence-electron chi connectivity index (χ0n) is 18.0. The first-order chi connectivity index (χ1) is 16.2. The van der Waals surface area contributed by atoms with Gasteiger partial charge in [-0.2, -0.15) is 13.2 Å². The highest BCUT2D eigenvalue weighted by Crippen LogP contribution is 2.33. The molecule has 4 aliphatic rings.